The van der Waals surface area contributed by atoms with Crippen molar-refractivity contribution in [3.05, 3.63) is 58.9 Å². The van der Waals surface area contributed by atoms with Crippen molar-refractivity contribution in [2.45, 2.75) is 13.5 Å². The molecule has 5 nitrogen and oxygen atoms in total. The molecule has 0 saturated carbocycles. The van der Waals surface area contributed by atoms with Gasteiger partial charge in [-0.15, -0.1) is 10.2 Å². The molecule has 1 heterocycles. The van der Waals surface area contributed by atoms with E-state index in [1.165, 1.54) is 0 Å². The van der Waals surface area contributed by atoms with Gasteiger partial charge in [0.1, 0.15) is 5.75 Å². The molecular weight excluding hydrogens is 314 g/mol. The Balaban J connectivity index is 1.72. The van der Waals surface area contributed by atoms with Crippen LogP contribution in [0.4, 0.5) is 5.69 Å². The summed E-state index contributed by atoms with van der Waals surface area (Å²) in [5.74, 6) is 1.74. The first-order valence-corrected chi connectivity index (χ1v) is 7.50. The van der Waals surface area contributed by atoms with Crippen molar-refractivity contribution < 1.29 is 9.15 Å². The van der Waals surface area contributed by atoms with Crippen molar-refractivity contribution in [2.24, 2.45) is 0 Å². The van der Waals surface area contributed by atoms with Gasteiger partial charge >= 0.3 is 0 Å². The van der Waals surface area contributed by atoms with Crippen LogP contribution in [0, 0.1) is 6.92 Å². The Morgan fingerprint density at radius 3 is 2.65 bits per heavy atom. The quantitative estimate of drug-likeness (QED) is 0.755. The summed E-state index contributed by atoms with van der Waals surface area (Å²) in [5.41, 5.74) is 2.86. The maximum absolute atomic E-state index is 5.87. The van der Waals surface area contributed by atoms with Gasteiger partial charge in [-0.2, -0.15) is 0 Å². The van der Waals surface area contributed by atoms with E-state index in [0.717, 1.165) is 22.6 Å². The number of nitrogens with one attached hydrogen (secondary N) is 1. The maximum Gasteiger partial charge on any atom is 0.247 e. The lowest BCUT2D eigenvalue weighted by atomic mass is 10.2. The first-order chi connectivity index (χ1) is 11.2. The van der Waals surface area contributed by atoms with E-state index >= 15 is 0 Å². The van der Waals surface area contributed by atoms with Crippen LogP contribution in [-0.4, -0.2) is 17.3 Å². The van der Waals surface area contributed by atoms with Crippen LogP contribution >= 0.6 is 11.6 Å². The summed E-state index contributed by atoms with van der Waals surface area (Å²) in [5, 5.41) is 12.0. The molecule has 0 unspecified atom stereocenters. The van der Waals surface area contributed by atoms with Crippen LogP contribution < -0.4 is 10.1 Å². The minimum atomic E-state index is 0.417. The van der Waals surface area contributed by atoms with E-state index in [1.54, 1.807) is 19.2 Å². The SMILES string of the molecule is COc1ccc(C)cc1NCc1nnc(-c2ccc(Cl)cc2)o1. The van der Waals surface area contributed by atoms with Crippen LogP contribution in [0.25, 0.3) is 11.5 Å². The predicted molar refractivity (Wildman–Crippen MR) is 89.8 cm³/mol. The monoisotopic (exact) mass is 329 g/mol. The fourth-order valence-electron chi connectivity index (χ4n) is 2.16. The number of benzene rings is 2. The first-order valence-electron chi connectivity index (χ1n) is 7.12. The number of ether oxygens (including phenoxy) is 1. The molecule has 6 heteroatoms. The minimum Gasteiger partial charge on any atom is -0.495 e. The highest BCUT2D eigenvalue weighted by molar-refractivity contribution is 6.30. The molecule has 0 fully saturated rings. The lowest BCUT2D eigenvalue weighted by molar-refractivity contribution is 0.416. The largest absolute Gasteiger partial charge is 0.495 e. The zero-order valence-corrected chi connectivity index (χ0v) is 13.6. The number of aromatic nitrogens is 2. The van der Waals surface area contributed by atoms with Crippen molar-refractivity contribution in [1.29, 1.82) is 0 Å². The van der Waals surface area contributed by atoms with Gasteiger partial charge in [0.15, 0.2) is 0 Å². The van der Waals surface area contributed by atoms with Crippen molar-refractivity contribution in [3.63, 3.8) is 0 Å². The molecule has 0 bridgehead atoms. The normalized spacial score (nSPS) is 10.6. The molecule has 0 aliphatic carbocycles. The molecule has 0 radical (unpaired) electrons. The molecule has 0 amide bonds. The van der Waals surface area contributed by atoms with Crippen LogP contribution in [-0.2, 0) is 6.54 Å². The number of rotatable bonds is 5. The Labute approximate surface area is 139 Å². The van der Waals surface area contributed by atoms with Gasteiger partial charge < -0.3 is 14.5 Å². The third-order valence-corrected chi connectivity index (χ3v) is 3.60. The van der Waals surface area contributed by atoms with Crippen molar-refractivity contribution in [1.82, 2.24) is 10.2 Å². The van der Waals surface area contributed by atoms with Crippen molar-refractivity contribution >= 4 is 17.3 Å². The summed E-state index contributed by atoms with van der Waals surface area (Å²) in [6.07, 6.45) is 0. The predicted octanol–water partition coefficient (Wildman–Crippen LogP) is 4.32. The second-order valence-electron chi connectivity index (χ2n) is 5.07. The van der Waals surface area contributed by atoms with Crippen LogP contribution in [0.1, 0.15) is 11.5 Å². The Bertz CT molecular complexity index is 800. The molecule has 3 rings (SSSR count). The number of nitrogens with zero attached hydrogens (tertiary/aromatic N) is 2. The minimum absolute atomic E-state index is 0.417. The number of anilines is 1. The molecule has 0 spiro atoms. The van der Waals surface area contributed by atoms with E-state index in [2.05, 4.69) is 15.5 Å². The average Bonchev–Trinajstić information content (AvgIpc) is 3.03. The topological polar surface area (TPSA) is 60.2 Å². The van der Waals surface area contributed by atoms with Crippen molar-refractivity contribution in [3.8, 4) is 17.2 Å². The lowest BCUT2D eigenvalue weighted by Gasteiger charge is -2.10. The molecule has 0 saturated heterocycles. The molecule has 23 heavy (non-hydrogen) atoms. The highest BCUT2D eigenvalue weighted by Crippen LogP contribution is 2.26. The summed E-state index contributed by atoms with van der Waals surface area (Å²) in [6.45, 7) is 2.44. The Hall–Kier alpha value is -2.53. The van der Waals surface area contributed by atoms with Gasteiger partial charge in [0.2, 0.25) is 11.8 Å². The van der Waals surface area contributed by atoms with Crippen LogP contribution in [0.3, 0.4) is 0 Å². The van der Waals surface area contributed by atoms with Gasteiger partial charge in [0.25, 0.3) is 0 Å². The van der Waals surface area contributed by atoms with E-state index in [4.69, 9.17) is 20.8 Å². The Morgan fingerprint density at radius 1 is 1.13 bits per heavy atom. The van der Waals surface area contributed by atoms with Crippen LogP contribution in [0.15, 0.2) is 46.9 Å². The molecule has 3 aromatic rings. The van der Waals surface area contributed by atoms with Gasteiger partial charge in [0, 0.05) is 10.6 Å². The molecule has 1 aromatic heterocycles. The second kappa shape index (κ2) is 6.71. The zero-order valence-electron chi connectivity index (χ0n) is 12.8. The Kier molecular flexibility index (Phi) is 4.48. The fourth-order valence-corrected chi connectivity index (χ4v) is 2.29. The lowest BCUT2D eigenvalue weighted by Crippen LogP contribution is -2.02. The standard InChI is InChI=1S/C17H16ClN3O2/c1-11-3-8-15(22-2)14(9-11)19-10-16-20-21-17(23-16)12-4-6-13(18)7-5-12/h3-9,19H,10H2,1-2H3. The first kappa shape index (κ1) is 15.4. The molecule has 2 aromatic carbocycles. The molecule has 0 aliphatic heterocycles. The van der Waals surface area contributed by atoms with Gasteiger partial charge in [0.05, 0.1) is 19.3 Å². The second-order valence-corrected chi connectivity index (χ2v) is 5.50. The smallest absolute Gasteiger partial charge is 0.247 e. The number of hydrogen-bond acceptors (Lipinski definition) is 5. The molecule has 1 N–H and O–H groups in total. The number of methoxy groups -OCH3 is 1. The van der Waals surface area contributed by atoms with Gasteiger partial charge in [-0.3, -0.25) is 0 Å². The van der Waals surface area contributed by atoms with E-state index < -0.39 is 0 Å². The molecular formula is C17H16ClN3O2. The van der Waals surface area contributed by atoms with E-state index in [1.807, 2.05) is 37.3 Å². The Morgan fingerprint density at radius 2 is 1.91 bits per heavy atom. The molecule has 0 aliphatic rings. The number of aryl methyl sites for hydroxylation is 1. The third-order valence-electron chi connectivity index (χ3n) is 3.34. The summed E-state index contributed by atoms with van der Waals surface area (Å²) in [7, 11) is 1.64. The van der Waals surface area contributed by atoms with Crippen LogP contribution in [0.2, 0.25) is 5.02 Å². The summed E-state index contributed by atoms with van der Waals surface area (Å²) in [4.78, 5) is 0. The van der Waals surface area contributed by atoms with E-state index in [0.29, 0.717) is 23.3 Å². The fraction of sp³-hybridized carbons (Fsp3) is 0.176. The van der Waals surface area contributed by atoms with E-state index in [9.17, 15) is 0 Å². The van der Waals surface area contributed by atoms with Crippen LogP contribution in [0.5, 0.6) is 5.75 Å². The number of halogens is 1. The highest BCUT2D eigenvalue weighted by atomic mass is 35.5. The summed E-state index contributed by atoms with van der Waals surface area (Å²) in [6, 6.07) is 13.2. The van der Waals surface area contributed by atoms with Gasteiger partial charge in [-0.1, -0.05) is 17.7 Å². The summed E-state index contributed by atoms with van der Waals surface area (Å²) < 4.78 is 11.0. The number of hydrogen-bond donors (Lipinski definition) is 1. The molecule has 0 atom stereocenters. The zero-order chi connectivity index (χ0) is 16.2. The third kappa shape index (κ3) is 3.63. The van der Waals surface area contributed by atoms with Gasteiger partial charge in [-0.05, 0) is 48.9 Å². The maximum atomic E-state index is 5.87. The van der Waals surface area contributed by atoms with Gasteiger partial charge in [-0.25, -0.2) is 0 Å². The summed E-state index contributed by atoms with van der Waals surface area (Å²) >= 11 is 5.87. The average molecular weight is 330 g/mol. The molecule has 118 valence electrons. The van der Waals surface area contributed by atoms with E-state index in [-0.39, 0.29) is 0 Å². The highest BCUT2D eigenvalue weighted by Gasteiger charge is 2.09. The van der Waals surface area contributed by atoms with Crippen molar-refractivity contribution in [2.75, 3.05) is 12.4 Å².